The van der Waals surface area contributed by atoms with Crippen LogP contribution in [0.15, 0.2) is 30.3 Å². The maximum atomic E-state index is 3.61. The Morgan fingerprint density at radius 3 is 2.22 bits per heavy atom. The van der Waals surface area contributed by atoms with Gasteiger partial charge in [-0.2, -0.15) is 0 Å². The summed E-state index contributed by atoms with van der Waals surface area (Å²) >= 11 is 0. The molecule has 1 aromatic rings. The molecule has 100 valence electrons. The Hall–Kier alpha value is -0.820. The lowest BCUT2D eigenvalue weighted by Gasteiger charge is -2.39. The number of rotatable bonds is 5. The molecular weight excluding hydrogens is 218 g/mol. The van der Waals surface area contributed by atoms with Crippen molar-refractivity contribution in [3.63, 3.8) is 0 Å². The van der Waals surface area contributed by atoms with Crippen LogP contribution in [0.5, 0.6) is 0 Å². The van der Waals surface area contributed by atoms with Crippen molar-refractivity contribution < 1.29 is 0 Å². The van der Waals surface area contributed by atoms with E-state index >= 15 is 0 Å². The molecule has 1 fully saturated rings. The van der Waals surface area contributed by atoms with Gasteiger partial charge in [-0.05, 0) is 43.2 Å². The van der Waals surface area contributed by atoms with Crippen LogP contribution >= 0.6 is 0 Å². The monoisotopic (exact) mass is 245 g/mol. The van der Waals surface area contributed by atoms with Gasteiger partial charge in [0.2, 0.25) is 0 Å². The van der Waals surface area contributed by atoms with Gasteiger partial charge in [0.05, 0.1) is 0 Å². The van der Waals surface area contributed by atoms with Crippen molar-refractivity contribution in [2.75, 3.05) is 7.05 Å². The first-order chi connectivity index (χ1) is 8.68. The molecule has 0 saturated heterocycles. The molecule has 2 rings (SSSR count). The lowest BCUT2D eigenvalue weighted by molar-refractivity contribution is 0.162. The molecule has 0 radical (unpaired) electrons. The summed E-state index contributed by atoms with van der Waals surface area (Å²) in [5.41, 5.74) is 1.94. The first-order valence-electron chi connectivity index (χ1n) is 7.40. The number of hydrogen-bond acceptors (Lipinski definition) is 1. The summed E-state index contributed by atoms with van der Waals surface area (Å²) in [5.74, 6) is 0.780. The van der Waals surface area contributed by atoms with Crippen LogP contribution in [0.2, 0.25) is 0 Å². The van der Waals surface area contributed by atoms with Gasteiger partial charge >= 0.3 is 0 Å². The Labute approximate surface area is 112 Å². The zero-order valence-corrected chi connectivity index (χ0v) is 12.1. The molecule has 1 saturated carbocycles. The minimum Gasteiger partial charge on any atom is -0.313 e. The van der Waals surface area contributed by atoms with E-state index in [-0.39, 0.29) is 0 Å². The second-order valence-corrected chi connectivity index (χ2v) is 6.30. The SMILES string of the molecule is CNC(c1ccccc1)C1(CC(C)C)CCCC1. The van der Waals surface area contributed by atoms with Gasteiger partial charge in [0.15, 0.2) is 0 Å². The fraction of sp³-hybridized carbons (Fsp3) is 0.647. The lowest BCUT2D eigenvalue weighted by Crippen LogP contribution is -2.35. The summed E-state index contributed by atoms with van der Waals surface area (Å²) in [6, 6.07) is 11.5. The smallest absolute Gasteiger partial charge is 0.0374 e. The molecule has 1 unspecified atom stereocenters. The Balaban J connectivity index is 2.28. The minimum atomic E-state index is 0.476. The number of benzene rings is 1. The maximum absolute atomic E-state index is 3.61. The minimum absolute atomic E-state index is 0.476. The van der Waals surface area contributed by atoms with Crippen molar-refractivity contribution in [3.8, 4) is 0 Å². The number of nitrogens with one attached hydrogen (secondary N) is 1. The highest BCUT2D eigenvalue weighted by Crippen LogP contribution is 2.51. The second kappa shape index (κ2) is 5.88. The topological polar surface area (TPSA) is 12.0 Å². The highest BCUT2D eigenvalue weighted by Gasteiger charge is 2.41. The largest absolute Gasteiger partial charge is 0.313 e. The highest BCUT2D eigenvalue weighted by atomic mass is 14.9. The lowest BCUT2D eigenvalue weighted by atomic mass is 9.70. The molecule has 0 heterocycles. The van der Waals surface area contributed by atoms with Gasteiger partial charge in [0.25, 0.3) is 0 Å². The third-order valence-corrected chi connectivity index (χ3v) is 4.45. The molecular formula is C17H27N. The summed E-state index contributed by atoms with van der Waals surface area (Å²) in [4.78, 5) is 0. The van der Waals surface area contributed by atoms with Gasteiger partial charge in [0, 0.05) is 6.04 Å². The first kappa shape index (κ1) is 13.6. The average Bonchev–Trinajstić information content (AvgIpc) is 2.79. The van der Waals surface area contributed by atoms with Gasteiger partial charge in [-0.1, -0.05) is 57.0 Å². The molecule has 0 bridgehead atoms. The molecule has 1 heteroatoms. The van der Waals surface area contributed by atoms with E-state index in [1.165, 1.54) is 37.7 Å². The van der Waals surface area contributed by atoms with E-state index < -0.39 is 0 Å². The standard InChI is InChI=1S/C17H27N/c1-14(2)13-17(11-7-8-12-17)16(18-3)15-9-5-4-6-10-15/h4-6,9-10,14,16,18H,7-8,11-13H2,1-3H3. The molecule has 0 aromatic heterocycles. The van der Waals surface area contributed by atoms with Crippen molar-refractivity contribution in [1.29, 1.82) is 0 Å². The van der Waals surface area contributed by atoms with E-state index in [4.69, 9.17) is 0 Å². The summed E-state index contributed by atoms with van der Waals surface area (Å²) in [7, 11) is 2.12. The molecule has 1 nitrogen and oxygen atoms in total. The van der Waals surface area contributed by atoms with Gasteiger partial charge < -0.3 is 5.32 Å². The zero-order chi connectivity index (χ0) is 13.0. The van der Waals surface area contributed by atoms with Gasteiger partial charge in [-0.25, -0.2) is 0 Å². The zero-order valence-electron chi connectivity index (χ0n) is 12.1. The Kier molecular flexibility index (Phi) is 4.45. The Morgan fingerprint density at radius 2 is 1.72 bits per heavy atom. The molecule has 0 spiro atoms. The summed E-state index contributed by atoms with van der Waals surface area (Å²) < 4.78 is 0. The Bertz CT molecular complexity index is 349. The van der Waals surface area contributed by atoms with Crippen molar-refractivity contribution in [1.82, 2.24) is 5.32 Å². The van der Waals surface area contributed by atoms with Crippen molar-refractivity contribution >= 4 is 0 Å². The molecule has 1 N–H and O–H groups in total. The predicted molar refractivity (Wildman–Crippen MR) is 78.6 cm³/mol. The normalized spacial score (nSPS) is 20.2. The second-order valence-electron chi connectivity index (χ2n) is 6.30. The van der Waals surface area contributed by atoms with Crippen molar-refractivity contribution in [3.05, 3.63) is 35.9 Å². The van der Waals surface area contributed by atoms with E-state index in [1.807, 2.05) is 0 Å². The fourth-order valence-corrected chi connectivity index (χ4v) is 3.97. The van der Waals surface area contributed by atoms with Crippen LogP contribution in [0, 0.1) is 11.3 Å². The average molecular weight is 245 g/mol. The van der Waals surface area contributed by atoms with Crippen LogP contribution in [-0.4, -0.2) is 7.05 Å². The van der Waals surface area contributed by atoms with E-state index in [1.54, 1.807) is 0 Å². The van der Waals surface area contributed by atoms with E-state index in [9.17, 15) is 0 Å². The summed E-state index contributed by atoms with van der Waals surface area (Å²) in [5, 5.41) is 3.61. The van der Waals surface area contributed by atoms with Crippen LogP contribution in [0.25, 0.3) is 0 Å². The quantitative estimate of drug-likeness (QED) is 0.802. The molecule has 1 aliphatic rings. The highest BCUT2D eigenvalue weighted by molar-refractivity contribution is 5.22. The Morgan fingerprint density at radius 1 is 1.11 bits per heavy atom. The molecule has 1 aliphatic carbocycles. The predicted octanol–water partition coefficient (Wildman–Crippen LogP) is 4.55. The van der Waals surface area contributed by atoms with Gasteiger partial charge in [-0.15, -0.1) is 0 Å². The van der Waals surface area contributed by atoms with Gasteiger partial charge in [0.1, 0.15) is 0 Å². The van der Waals surface area contributed by atoms with Crippen molar-refractivity contribution in [2.45, 2.75) is 52.0 Å². The fourth-order valence-electron chi connectivity index (χ4n) is 3.97. The summed E-state index contributed by atoms with van der Waals surface area (Å²) in [6.45, 7) is 4.72. The van der Waals surface area contributed by atoms with Crippen molar-refractivity contribution in [2.24, 2.45) is 11.3 Å². The van der Waals surface area contributed by atoms with E-state index in [2.05, 4.69) is 56.5 Å². The van der Waals surface area contributed by atoms with Crippen LogP contribution in [0.1, 0.15) is 57.6 Å². The molecule has 1 aromatic carbocycles. The van der Waals surface area contributed by atoms with Crippen LogP contribution < -0.4 is 5.32 Å². The third-order valence-electron chi connectivity index (χ3n) is 4.45. The number of hydrogen-bond donors (Lipinski definition) is 1. The van der Waals surface area contributed by atoms with E-state index in [0.29, 0.717) is 11.5 Å². The van der Waals surface area contributed by atoms with Crippen LogP contribution in [0.4, 0.5) is 0 Å². The molecule has 0 amide bonds. The molecule has 0 aliphatic heterocycles. The van der Waals surface area contributed by atoms with Crippen LogP contribution in [0.3, 0.4) is 0 Å². The third kappa shape index (κ3) is 2.77. The van der Waals surface area contributed by atoms with E-state index in [0.717, 1.165) is 5.92 Å². The molecule has 1 atom stereocenters. The van der Waals surface area contributed by atoms with Gasteiger partial charge in [-0.3, -0.25) is 0 Å². The molecule has 18 heavy (non-hydrogen) atoms. The van der Waals surface area contributed by atoms with Crippen LogP contribution in [-0.2, 0) is 0 Å². The first-order valence-corrected chi connectivity index (χ1v) is 7.40. The summed E-state index contributed by atoms with van der Waals surface area (Å²) in [6.07, 6.45) is 6.90. The maximum Gasteiger partial charge on any atom is 0.0374 e.